The molecule has 23 heavy (non-hydrogen) atoms. The Morgan fingerprint density at radius 2 is 1.35 bits per heavy atom. The number of primary amides is 1. The zero-order chi connectivity index (χ0) is 17.5. The van der Waals surface area contributed by atoms with E-state index in [9.17, 15) is 14.3 Å². The van der Waals surface area contributed by atoms with Gasteiger partial charge in [-0.3, -0.25) is 4.79 Å². The minimum Gasteiger partial charge on any atom is -0.395 e. The molecule has 0 unspecified atom stereocenters. The van der Waals surface area contributed by atoms with Crippen LogP contribution in [0.1, 0.15) is 18.1 Å². The first-order valence-corrected chi connectivity index (χ1v) is 7.56. The molecule has 0 heterocycles. The predicted molar refractivity (Wildman–Crippen MR) is 91.6 cm³/mol. The number of halogens is 3. The van der Waals surface area contributed by atoms with E-state index >= 15 is 0 Å². The molecule has 0 aliphatic carbocycles. The Morgan fingerprint density at radius 3 is 1.57 bits per heavy atom. The number of benzene rings is 2. The minimum atomic E-state index is -1.06. The molecule has 0 aliphatic heterocycles. The number of aliphatic hydroxyl groups is 1. The Labute approximate surface area is 144 Å². The molecule has 3 N–H and O–H groups in total. The maximum absolute atomic E-state index is 10.6. The monoisotopic (exact) mass is 357 g/mol. The summed E-state index contributed by atoms with van der Waals surface area (Å²) in [6.07, 6.45) is 0. The summed E-state index contributed by atoms with van der Waals surface area (Å²) in [6, 6.07) is 15.1. The van der Waals surface area contributed by atoms with E-state index in [1.807, 2.05) is 55.5 Å². The molecule has 124 valence electrons. The van der Waals surface area contributed by atoms with Crippen molar-refractivity contribution in [3.8, 4) is 0 Å². The lowest BCUT2D eigenvalue weighted by Crippen LogP contribution is -2.28. The van der Waals surface area contributed by atoms with Crippen LogP contribution < -0.4 is 5.73 Å². The molecule has 6 heteroatoms. The van der Waals surface area contributed by atoms with Crippen LogP contribution >= 0.6 is 23.2 Å². The van der Waals surface area contributed by atoms with Crippen LogP contribution in [0.3, 0.4) is 0 Å². The highest BCUT2D eigenvalue weighted by atomic mass is 35.5. The number of alkyl halides is 1. The fourth-order valence-corrected chi connectivity index (χ4v) is 2.24. The van der Waals surface area contributed by atoms with Gasteiger partial charge in [0.05, 0.1) is 6.61 Å². The van der Waals surface area contributed by atoms with Gasteiger partial charge in [0, 0.05) is 15.5 Å². The Kier molecular flexibility index (Phi) is 7.49. The van der Waals surface area contributed by atoms with Gasteiger partial charge >= 0.3 is 0 Å². The Morgan fingerprint density at radius 1 is 1.04 bits per heavy atom. The maximum atomic E-state index is 10.6. The normalized spacial score (nSPS) is 10.7. The van der Waals surface area contributed by atoms with E-state index in [1.54, 1.807) is 0 Å². The number of hydrogen-bond acceptors (Lipinski definition) is 2. The lowest BCUT2D eigenvalue weighted by Gasteiger charge is -2.28. The second-order valence-electron chi connectivity index (χ2n) is 5.10. The summed E-state index contributed by atoms with van der Waals surface area (Å²) in [7, 11) is 0. The summed E-state index contributed by atoms with van der Waals surface area (Å²) in [5, 5.41) is 11.1. The van der Waals surface area contributed by atoms with Gasteiger partial charge in [-0.25, -0.2) is 4.39 Å². The first-order chi connectivity index (χ1) is 10.8. The van der Waals surface area contributed by atoms with Crippen LogP contribution in [0.25, 0.3) is 0 Å². The average Bonchev–Trinajstić information content (AvgIpc) is 2.56. The van der Waals surface area contributed by atoms with E-state index < -0.39 is 18.0 Å². The van der Waals surface area contributed by atoms with Gasteiger partial charge in [-0.2, -0.15) is 0 Å². The first kappa shape index (κ1) is 19.4. The summed E-state index contributed by atoms with van der Waals surface area (Å²) in [5.41, 5.74) is 5.88. The molecule has 0 spiro atoms. The molecule has 2 aromatic carbocycles. The standard InChI is InChI=1S/C15H14Cl2O.C2H4FNO/c1-15(10-18,11-2-6-13(16)7-3-11)12-4-8-14(17)9-5-12;3-1-2(4)5/h2-9,18H,10H2,1H3;1H2,(H2,4,5). The van der Waals surface area contributed by atoms with Crippen molar-refractivity contribution < 1.29 is 14.3 Å². The highest BCUT2D eigenvalue weighted by Crippen LogP contribution is 2.32. The number of amides is 1. The molecule has 0 bridgehead atoms. The van der Waals surface area contributed by atoms with E-state index in [0.29, 0.717) is 10.0 Å². The fourth-order valence-electron chi connectivity index (χ4n) is 1.98. The van der Waals surface area contributed by atoms with Crippen LogP contribution in [0.15, 0.2) is 48.5 Å². The molecule has 2 aromatic rings. The van der Waals surface area contributed by atoms with Gasteiger partial charge in [0.15, 0.2) is 6.67 Å². The van der Waals surface area contributed by atoms with Crippen LogP contribution in [-0.2, 0) is 10.2 Å². The summed E-state index contributed by atoms with van der Waals surface area (Å²) in [4.78, 5) is 9.22. The van der Waals surface area contributed by atoms with Gasteiger partial charge in [0.25, 0.3) is 0 Å². The van der Waals surface area contributed by atoms with Gasteiger partial charge < -0.3 is 10.8 Å². The molecule has 0 radical (unpaired) electrons. The van der Waals surface area contributed by atoms with E-state index in [4.69, 9.17) is 23.2 Å². The van der Waals surface area contributed by atoms with Crippen molar-refractivity contribution in [2.45, 2.75) is 12.3 Å². The number of nitrogens with two attached hydrogens (primary N) is 1. The fraction of sp³-hybridized carbons (Fsp3) is 0.235. The number of carbonyl (C=O) groups excluding carboxylic acids is 1. The van der Waals surface area contributed by atoms with E-state index in [1.165, 1.54) is 0 Å². The summed E-state index contributed by atoms with van der Waals surface area (Å²) in [5.74, 6) is -0.912. The molecular weight excluding hydrogens is 340 g/mol. The Balaban J connectivity index is 0.000000463. The minimum absolute atomic E-state index is 0.0241. The number of hydrogen-bond donors (Lipinski definition) is 2. The Bertz CT molecular complexity index is 585. The molecule has 0 saturated heterocycles. The molecule has 1 amide bonds. The third-order valence-corrected chi connectivity index (χ3v) is 3.91. The summed E-state index contributed by atoms with van der Waals surface area (Å²) < 4.78 is 10.6. The van der Waals surface area contributed by atoms with Crippen molar-refractivity contribution >= 4 is 29.1 Å². The number of carbonyl (C=O) groups is 1. The zero-order valence-electron chi connectivity index (χ0n) is 12.6. The highest BCUT2D eigenvalue weighted by molar-refractivity contribution is 6.30. The largest absolute Gasteiger partial charge is 0.395 e. The molecule has 2 rings (SSSR count). The second kappa shape index (κ2) is 8.87. The molecule has 0 aliphatic rings. The van der Waals surface area contributed by atoms with Gasteiger partial charge in [0.1, 0.15) is 0 Å². The topological polar surface area (TPSA) is 63.3 Å². The van der Waals surface area contributed by atoms with Crippen molar-refractivity contribution in [1.82, 2.24) is 0 Å². The van der Waals surface area contributed by atoms with Crippen molar-refractivity contribution in [2.75, 3.05) is 13.3 Å². The zero-order valence-corrected chi connectivity index (χ0v) is 14.1. The number of rotatable bonds is 4. The predicted octanol–water partition coefficient (Wildman–Crippen LogP) is 3.73. The molecule has 0 atom stereocenters. The van der Waals surface area contributed by atoms with Crippen LogP contribution in [0.5, 0.6) is 0 Å². The van der Waals surface area contributed by atoms with E-state index in [2.05, 4.69) is 5.73 Å². The van der Waals surface area contributed by atoms with Gasteiger partial charge in [-0.05, 0) is 42.3 Å². The lowest BCUT2D eigenvalue weighted by atomic mass is 9.77. The van der Waals surface area contributed by atoms with Gasteiger partial charge in [0.2, 0.25) is 5.91 Å². The SMILES string of the molecule is CC(CO)(c1ccc(Cl)cc1)c1ccc(Cl)cc1.NC(=O)CF. The Hall–Kier alpha value is -1.62. The second-order valence-corrected chi connectivity index (χ2v) is 5.98. The van der Waals surface area contributed by atoms with E-state index in [-0.39, 0.29) is 6.61 Å². The molecule has 0 fully saturated rings. The van der Waals surface area contributed by atoms with Crippen molar-refractivity contribution in [2.24, 2.45) is 5.73 Å². The smallest absolute Gasteiger partial charge is 0.248 e. The third-order valence-electron chi connectivity index (χ3n) is 3.41. The van der Waals surface area contributed by atoms with Gasteiger partial charge in [-0.1, -0.05) is 47.5 Å². The van der Waals surface area contributed by atoms with Crippen LogP contribution in [0, 0.1) is 0 Å². The van der Waals surface area contributed by atoms with E-state index in [0.717, 1.165) is 11.1 Å². The molecular formula is C17H18Cl2FNO2. The molecule has 0 saturated carbocycles. The van der Waals surface area contributed by atoms with Crippen LogP contribution in [0.4, 0.5) is 4.39 Å². The molecule has 0 aromatic heterocycles. The summed E-state index contributed by atoms with van der Waals surface area (Å²) >= 11 is 11.8. The summed E-state index contributed by atoms with van der Waals surface area (Å²) in [6.45, 7) is 0.968. The van der Waals surface area contributed by atoms with Crippen molar-refractivity contribution in [3.05, 3.63) is 69.7 Å². The van der Waals surface area contributed by atoms with Crippen LogP contribution in [-0.4, -0.2) is 24.3 Å². The lowest BCUT2D eigenvalue weighted by molar-refractivity contribution is -0.118. The highest BCUT2D eigenvalue weighted by Gasteiger charge is 2.27. The van der Waals surface area contributed by atoms with Crippen LogP contribution in [0.2, 0.25) is 10.0 Å². The maximum Gasteiger partial charge on any atom is 0.248 e. The number of aliphatic hydroxyl groups excluding tert-OH is 1. The van der Waals surface area contributed by atoms with Crippen molar-refractivity contribution in [1.29, 1.82) is 0 Å². The van der Waals surface area contributed by atoms with Crippen molar-refractivity contribution in [3.63, 3.8) is 0 Å². The average molecular weight is 358 g/mol. The molecule has 3 nitrogen and oxygen atoms in total. The van der Waals surface area contributed by atoms with Gasteiger partial charge in [-0.15, -0.1) is 0 Å². The third kappa shape index (κ3) is 5.50. The quantitative estimate of drug-likeness (QED) is 0.875. The first-order valence-electron chi connectivity index (χ1n) is 6.80.